The van der Waals surface area contributed by atoms with Gasteiger partial charge < -0.3 is 5.32 Å². The van der Waals surface area contributed by atoms with Crippen LogP contribution in [0, 0.1) is 5.82 Å². The van der Waals surface area contributed by atoms with E-state index in [1.54, 1.807) is 6.20 Å². The number of nitrogens with one attached hydrogen (secondary N) is 1. The van der Waals surface area contributed by atoms with Crippen molar-refractivity contribution in [3.8, 4) is 0 Å². The molecule has 1 heterocycles. The molecule has 0 saturated carbocycles. The van der Waals surface area contributed by atoms with Crippen molar-refractivity contribution in [2.75, 3.05) is 6.54 Å². The third kappa shape index (κ3) is 3.37. The number of benzene rings is 1. The molecule has 0 atom stereocenters. The highest BCUT2D eigenvalue weighted by Gasteiger charge is 2.05. The van der Waals surface area contributed by atoms with Crippen molar-refractivity contribution in [1.82, 2.24) is 10.3 Å². The molecule has 0 unspecified atom stereocenters. The maximum Gasteiger partial charge on any atom is 0.126 e. The molecule has 0 spiro atoms. The summed E-state index contributed by atoms with van der Waals surface area (Å²) in [6.07, 6.45) is 2.27. The van der Waals surface area contributed by atoms with Crippen molar-refractivity contribution in [2.24, 2.45) is 0 Å². The Morgan fingerprint density at radius 1 is 1.22 bits per heavy atom. The first-order valence-corrected chi connectivity index (χ1v) is 6.17. The highest BCUT2D eigenvalue weighted by Crippen LogP contribution is 2.14. The summed E-state index contributed by atoms with van der Waals surface area (Å²) in [4.78, 5) is 4.22. The Morgan fingerprint density at radius 2 is 2.11 bits per heavy atom. The molecule has 0 saturated heterocycles. The van der Waals surface area contributed by atoms with Gasteiger partial charge >= 0.3 is 0 Å². The molecule has 94 valence electrons. The van der Waals surface area contributed by atoms with Crippen LogP contribution in [0.15, 0.2) is 42.6 Å². The number of pyridine rings is 1. The van der Waals surface area contributed by atoms with Gasteiger partial charge in [-0.2, -0.15) is 0 Å². The number of aromatic nitrogens is 1. The minimum absolute atomic E-state index is 0.166. The highest BCUT2D eigenvalue weighted by molar-refractivity contribution is 5.28. The van der Waals surface area contributed by atoms with Gasteiger partial charge in [-0.15, -0.1) is 0 Å². The molecular formula is C15H17FN2. The average Bonchev–Trinajstić information content (AvgIpc) is 2.41. The van der Waals surface area contributed by atoms with Crippen molar-refractivity contribution in [3.63, 3.8) is 0 Å². The molecule has 18 heavy (non-hydrogen) atoms. The Balaban J connectivity index is 2.16. The predicted molar refractivity (Wildman–Crippen MR) is 70.8 cm³/mol. The van der Waals surface area contributed by atoms with Crippen LogP contribution in [0.5, 0.6) is 0 Å². The minimum atomic E-state index is -0.166. The van der Waals surface area contributed by atoms with Gasteiger partial charge in [0.25, 0.3) is 0 Å². The summed E-state index contributed by atoms with van der Waals surface area (Å²) in [5.41, 5.74) is 2.69. The van der Waals surface area contributed by atoms with Gasteiger partial charge in [0, 0.05) is 24.9 Å². The third-order valence-electron chi connectivity index (χ3n) is 2.79. The summed E-state index contributed by atoms with van der Waals surface area (Å²) >= 11 is 0. The van der Waals surface area contributed by atoms with E-state index in [4.69, 9.17) is 0 Å². The van der Waals surface area contributed by atoms with E-state index in [0.29, 0.717) is 12.0 Å². The molecule has 0 aliphatic heterocycles. The Labute approximate surface area is 107 Å². The quantitative estimate of drug-likeness (QED) is 0.874. The van der Waals surface area contributed by atoms with Gasteiger partial charge in [-0.3, -0.25) is 4.98 Å². The van der Waals surface area contributed by atoms with Gasteiger partial charge in [-0.05, 0) is 35.9 Å². The lowest BCUT2D eigenvalue weighted by Gasteiger charge is -2.07. The molecule has 2 rings (SSSR count). The molecule has 2 aromatic rings. The first-order valence-electron chi connectivity index (χ1n) is 6.17. The van der Waals surface area contributed by atoms with E-state index in [1.165, 1.54) is 6.07 Å². The van der Waals surface area contributed by atoms with Crippen LogP contribution in [-0.2, 0) is 13.0 Å². The number of hydrogen-bond donors (Lipinski definition) is 1. The van der Waals surface area contributed by atoms with Crippen molar-refractivity contribution < 1.29 is 4.39 Å². The summed E-state index contributed by atoms with van der Waals surface area (Å²) in [6.45, 7) is 3.73. The van der Waals surface area contributed by atoms with Crippen LogP contribution in [0.4, 0.5) is 4.39 Å². The van der Waals surface area contributed by atoms with Crippen LogP contribution in [-0.4, -0.2) is 11.5 Å². The first kappa shape index (κ1) is 12.7. The molecule has 3 heteroatoms. The zero-order chi connectivity index (χ0) is 12.8. The van der Waals surface area contributed by atoms with Crippen LogP contribution < -0.4 is 5.32 Å². The number of hydrogen-bond acceptors (Lipinski definition) is 2. The fraction of sp³-hybridized carbons (Fsp3) is 0.267. The number of rotatable bonds is 5. The van der Waals surface area contributed by atoms with E-state index < -0.39 is 0 Å². The molecule has 0 aliphatic carbocycles. The van der Waals surface area contributed by atoms with Gasteiger partial charge in [-0.25, -0.2) is 4.39 Å². The fourth-order valence-electron chi connectivity index (χ4n) is 1.84. The molecule has 0 amide bonds. The smallest absolute Gasteiger partial charge is 0.126 e. The zero-order valence-corrected chi connectivity index (χ0v) is 10.5. The standard InChI is InChI=1S/C15H17FN2/c1-2-17-11-12-6-7-15(16)13(9-12)10-14-5-3-4-8-18-14/h3-9,17H,2,10-11H2,1H3. The molecule has 2 nitrogen and oxygen atoms in total. The molecule has 1 aromatic heterocycles. The Hall–Kier alpha value is -1.74. The van der Waals surface area contributed by atoms with Gasteiger partial charge in [0.05, 0.1) is 0 Å². The molecular weight excluding hydrogens is 227 g/mol. The maximum absolute atomic E-state index is 13.7. The second-order valence-corrected chi connectivity index (χ2v) is 4.20. The summed E-state index contributed by atoms with van der Waals surface area (Å²) in [6, 6.07) is 11.0. The third-order valence-corrected chi connectivity index (χ3v) is 2.79. The van der Waals surface area contributed by atoms with Crippen molar-refractivity contribution in [1.29, 1.82) is 0 Å². The van der Waals surface area contributed by atoms with Crippen LogP contribution in [0.25, 0.3) is 0 Å². The Kier molecular flexibility index (Phi) is 4.42. The highest BCUT2D eigenvalue weighted by atomic mass is 19.1. The van der Waals surface area contributed by atoms with Crippen LogP contribution in [0.3, 0.4) is 0 Å². The molecule has 0 fully saturated rings. The van der Waals surface area contributed by atoms with E-state index in [1.807, 2.05) is 30.3 Å². The second-order valence-electron chi connectivity index (χ2n) is 4.20. The van der Waals surface area contributed by atoms with E-state index >= 15 is 0 Å². The summed E-state index contributed by atoms with van der Waals surface area (Å²) in [5.74, 6) is -0.166. The molecule has 0 radical (unpaired) electrons. The van der Waals surface area contributed by atoms with Gasteiger partial charge in [0.2, 0.25) is 0 Å². The predicted octanol–water partition coefficient (Wildman–Crippen LogP) is 2.92. The van der Waals surface area contributed by atoms with Crippen LogP contribution in [0.1, 0.15) is 23.7 Å². The van der Waals surface area contributed by atoms with Crippen LogP contribution in [0.2, 0.25) is 0 Å². The first-order chi connectivity index (χ1) is 8.79. The lowest BCUT2D eigenvalue weighted by molar-refractivity contribution is 0.610. The number of nitrogens with zero attached hydrogens (tertiary/aromatic N) is 1. The Bertz CT molecular complexity index is 497. The van der Waals surface area contributed by atoms with Crippen molar-refractivity contribution in [2.45, 2.75) is 19.9 Å². The lowest BCUT2D eigenvalue weighted by atomic mass is 10.1. The minimum Gasteiger partial charge on any atom is -0.313 e. The van der Waals surface area contributed by atoms with Crippen LogP contribution >= 0.6 is 0 Å². The normalized spacial score (nSPS) is 10.6. The van der Waals surface area contributed by atoms with Crippen molar-refractivity contribution in [3.05, 3.63) is 65.2 Å². The maximum atomic E-state index is 13.7. The summed E-state index contributed by atoms with van der Waals surface area (Å²) in [7, 11) is 0. The monoisotopic (exact) mass is 244 g/mol. The molecule has 1 aromatic carbocycles. The van der Waals surface area contributed by atoms with E-state index in [2.05, 4.69) is 17.2 Å². The summed E-state index contributed by atoms with van der Waals surface area (Å²) < 4.78 is 13.7. The zero-order valence-electron chi connectivity index (χ0n) is 10.5. The average molecular weight is 244 g/mol. The lowest BCUT2D eigenvalue weighted by Crippen LogP contribution is -2.12. The van der Waals surface area contributed by atoms with Gasteiger partial charge in [-0.1, -0.05) is 25.1 Å². The largest absolute Gasteiger partial charge is 0.313 e. The Morgan fingerprint density at radius 3 is 2.83 bits per heavy atom. The number of halogens is 1. The topological polar surface area (TPSA) is 24.9 Å². The SMILES string of the molecule is CCNCc1ccc(F)c(Cc2ccccn2)c1. The molecule has 1 N–H and O–H groups in total. The molecule has 0 aliphatic rings. The van der Waals surface area contributed by atoms with Gasteiger partial charge in [0.1, 0.15) is 5.82 Å². The van der Waals surface area contributed by atoms with E-state index in [-0.39, 0.29) is 5.82 Å². The summed E-state index contributed by atoms with van der Waals surface area (Å²) in [5, 5.41) is 3.24. The van der Waals surface area contributed by atoms with Gasteiger partial charge in [0.15, 0.2) is 0 Å². The molecule has 0 bridgehead atoms. The second kappa shape index (κ2) is 6.26. The van der Waals surface area contributed by atoms with E-state index in [9.17, 15) is 4.39 Å². The van der Waals surface area contributed by atoms with E-state index in [0.717, 1.165) is 24.3 Å². The fourth-order valence-corrected chi connectivity index (χ4v) is 1.84. The van der Waals surface area contributed by atoms with Crippen molar-refractivity contribution >= 4 is 0 Å².